The summed E-state index contributed by atoms with van der Waals surface area (Å²) in [4.78, 5) is 79.8. The molecule has 0 aromatic heterocycles. The number of carbonyl (C=O) groups excluding carboxylic acids is 6. The minimum absolute atomic E-state index is 0.0171. The Bertz CT molecular complexity index is 2090. The molecule has 0 saturated carbocycles. The minimum atomic E-state index is -1.40. The Morgan fingerprint density at radius 3 is 1.79 bits per heavy atom. The van der Waals surface area contributed by atoms with E-state index in [1.807, 2.05) is 27.7 Å². The molecular weight excluding hydrogens is 834 g/mol. The van der Waals surface area contributed by atoms with Gasteiger partial charge in [-0.2, -0.15) is 0 Å². The molecule has 63 heavy (non-hydrogen) atoms. The Labute approximate surface area is 363 Å². The molecule has 4 N–H and O–H groups in total. The van der Waals surface area contributed by atoms with Crippen LogP contribution in [0, 0.1) is 35.1 Å². The van der Waals surface area contributed by atoms with E-state index in [0.29, 0.717) is 31.9 Å². The van der Waals surface area contributed by atoms with Crippen molar-refractivity contribution in [1.29, 1.82) is 0 Å². The third kappa shape index (κ3) is 11.8. The molecular formula is C41H52B2F4N6O10. The summed E-state index contributed by atoms with van der Waals surface area (Å²) in [5.41, 5.74) is -1.43. The Balaban J connectivity index is 1.05. The number of halogens is 4. The highest BCUT2D eigenvalue weighted by molar-refractivity contribution is 6.51. The van der Waals surface area contributed by atoms with Crippen molar-refractivity contribution in [2.45, 2.75) is 103 Å². The van der Waals surface area contributed by atoms with Gasteiger partial charge in [0.1, 0.15) is 42.0 Å². The van der Waals surface area contributed by atoms with Crippen LogP contribution in [0.5, 0.6) is 0 Å². The SMILES string of the molecule is CC(C)CC(NC(=O)CNC(=O)C1CCN1c1cc(CC2(C)CC(=O)OB(C(CC(C)C)NC(=O)CNC(=O)C3CCN3c3ccc(F)cc3F)O2)c(F)cc1F)B1OCC(=O)O1. The van der Waals surface area contributed by atoms with Crippen LogP contribution in [0.25, 0.3) is 0 Å². The average Bonchev–Trinajstić information content (AvgIpc) is 3.60. The van der Waals surface area contributed by atoms with Crippen molar-refractivity contribution >= 4 is 61.2 Å². The number of hydrogen-bond acceptors (Lipinski definition) is 12. The fraction of sp³-hybridized carbons (Fsp3) is 0.561. The van der Waals surface area contributed by atoms with Crippen molar-refractivity contribution in [3.8, 4) is 0 Å². The standard InChI is InChI=1S/C41H52B2F4N6O10/c1-22(2)12-33(42-60-21-38(57)62-42)50-35(54)19-49-40(59)31-9-11-53(31)32-14-24(26(45)16-28(32)47)17-41(5)18-37(56)61-43(63-41)34(13-23(3)4)51-36(55)20-48-39(58)30-8-10-52(30)29-7-6-25(44)15-27(29)46/h6-7,14-16,22-23,30-31,33-34H,8-13,17-21H2,1-5H3,(H,48,58)(H,49,59)(H,50,54)(H,51,55). The first kappa shape index (κ1) is 47.1. The molecule has 22 heteroatoms. The van der Waals surface area contributed by atoms with Crippen molar-refractivity contribution < 1.29 is 64.9 Å². The van der Waals surface area contributed by atoms with Crippen LogP contribution in [0.1, 0.15) is 72.3 Å². The van der Waals surface area contributed by atoms with Crippen LogP contribution in [-0.4, -0.2) is 112 Å². The van der Waals surface area contributed by atoms with Crippen LogP contribution in [0.4, 0.5) is 28.9 Å². The van der Waals surface area contributed by atoms with Gasteiger partial charge >= 0.3 is 20.2 Å². The Kier molecular flexibility index (Phi) is 15.0. The molecule has 5 unspecified atom stereocenters. The fourth-order valence-electron chi connectivity index (χ4n) is 8.17. The summed E-state index contributed by atoms with van der Waals surface area (Å²) in [5, 5.41) is 10.6. The lowest BCUT2D eigenvalue weighted by Crippen LogP contribution is -2.60. The monoisotopic (exact) mass is 886 g/mol. The summed E-state index contributed by atoms with van der Waals surface area (Å²) in [7, 11) is -2.29. The smallest absolute Gasteiger partial charge is 0.508 e. The molecule has 5 atom stereocenters. The van der Waals surface area contributed by atoms with Crippen LogP contribution in [0.3, 0.4) is 0 Å². The molecule has 4 aliphatic heterocycles. The van der Waals surface area contributed by atoms with Gasteiger partial charge in [-0.25, -0.2) is 17.6 Å². The predicted molar refractivity (Wildman–Crippen MR) is 220 cm³/mol. The molecule has 16 nitrogen and oxygen atoms in total. The largest absolute Gasteiger partial charge is 0.551 e. The van der Waals surface area contributed by atoms with Gasteiger partial charge in [0.2, 0.25) is 23.6 Å². The van der Waals surface area contributed by atoms with Gasteiger partial charge in [-0.1, -0.05) is 27.7 Å². The molecule has 340 valence electrons. The number of anilines is 2. The molecule has 4 heterocycles. The van der Waals surface area contributed by atoms with Crippen LogP contribution in [0.2, 0.25) is 0 Å². The molecule has 4 aliphatic rings. The van der Waals surface area contributed by atoms with E-state index in [9.17, 15) is 37.5 Å². The fourth-order valence-corrected chi connectivity index (χ4v) is 8.17. The summed E-state index contributed by atoms with van der Waals surface area (Å²) >= 11 is 0. The normalized spacial score (nSPS) is 21.9. The first-order chi connectivity index (χ1) is 29.8. The van der Waals surface area contributed by atoms with Crippen molar-refractivity contribution in [1.82, 2.24) is 21.3 Å². The van der Waals surface area contributed by atoms with Gasteiger partial charge in [0.25, 0.3) is 5.97 Å². The molecule has 6 rings (SSSR count). The van der Waals surface area contributed by atoms with E-state index in [4.69, 9.17) is 18.6 Å². The lowest BCUT2D eigenvalue weighted by atomic mass is 9.70. The number of amides is 4. The highest BCUT2D eigenvalue weighted by atomic mass is 19.1. The molecule has 0 spiro atoms. The number of carbonyl (C=O) groups is 6. The van der Waals surface area contributed by atoms with Gasteiger partial charge in [-0.05, 0) is 68.2 Å². The maximum atomic E-state index is 15.5. The highest BCUT2D eigenvalue weighted by Crippen LogP contribution is 2.35. The third-order valence-electron chi connectivity index (χ3n) is 11.3. The molecule has 4 saturated heterocycles. The summed E-state index contributed by atoms with van der Waals surface area (Å²) in [6.07, 6.45) is 0.864. The van der Waals surface area contributed by atoms with Gasteiger partial charge in [-0.15, -0.1) is 0 Å². The Morgan fingerprint density at radius 1 is 0.746 bits per heavy atom. The van der Waals surface area contributed by atoms with E-state index in [1.165, 1.54) is 21.9 Å². The second kappa shape index (κ2) is 20.0. The van der Waals surface area contributed by atoms with E-state index in [1.54, 1.807) is 6.92 Å². The summed E-state index contributed by atoms with van der Waals surface area (Å²) in [6.45, 7) is 8.62. The van der Waals surface area contributed by atoms with Gasteiger partial charge < -0.3 is 49.7 Å². The van der Waals surface area contributed by atoms with E-state index < -0.39 is 116 Å². The third-order valence-corrected chi connectivity index (χ3v) is 11.3. The second-order valence-electron chi connectivity index (χ2n) is 17.5. The number of rotatable bonds is 18. The average molecular weight is 887 g/mol. The van der Waals surface area contributed by atoms with Crippen LogP contribution in [0.15, 0.2) is 30.3 Å². The summed E-state index contributed by atoms with van der Waals surface area (Å²) < 4.78 is 81.0. The molecule has 0 bridgehead atoms. The van der Waals surface area contributed by atoms with Gasteiger partial charge in [-0.3, -0.25) is 28.8 Å². The lowest BCUT2D eigenvalue weighted by Gasteiger charge is -2.42. The van der Waals surface area contributed by atoms with Crippen LogP contribution in [-0.2, 0) is 53.8 Å². The van der Waals surface area contributed by atoms with E-state index >= 15 is 8.78 Å². The number of nitrogens with zero attached hydrogens (tertiary/aromatic N) is 2. The van der Waals surface area contributed by atoms with Crippen molar-refractivity contribution in [2.75, 3.05) is 42.6 Å². The highest BCUT2D eigenvalue weighted by Gasteiger charge is 2.48. The minimum Gasteiger partial charge on any atom is -0.508 e. The quantitative estimate of drug-likeness (QED) is 0.126. The first-order valence-corrected chi connectivity index (χ1v) is 21.1. The molecule has 0 aliphatic carbocycles. The zero-order valence-corrected chi connectivity index (χ0v) is 35.8. The second-order valence-corrected chi connectivity index (χ2v) is 17.5. The van der Waals surface area contributed by atoms with Gasteiger partial charge in [0.05, 0.1) is 48.4 Å². The number of benzene rings is 2. The Hall–Kier alpha value is -5.37. The topological polar surface area (TPSA) is 194 Å². The molecule has 4 amide bonds. The van der Waals surface area contributed by atoms with Crippen LogP contribution < -0.4 is 31.1 Å². The summed E-state index contributed by atoms with van der Waals surface area (Å²) in [5.74, 6) is -8.44. The Morgan fingerprint density at radius 2 is 1.29 bits per heavy atom. The van der Waals surface area contributed by atoms with Gasteiger partial charge in [0, 0.05) is 31.6 Å². The molecule has 4 fully saturated rings. The lowest BCUT2D eigenvalue weighted by molar-refractivity contribution is -0.148. The predicted octanol–water partition coefficient (Wildman–Crippen LogP) is 2.29. The first-order valence-electron chi connectivity index (χ1n) is 21.1. The maximum absolute atomic E-state index is 15.5. The van der Waals surface area contributed by atoms with E-state index in [0.717, 1.165) is 12.1 Å². The molecule has 2 aromatic rings. The zero-order chi connectivity index (χ0) is 45.7. The van der Waals surface area contributed by atoms with E-state index in [-0.39, 0.29) is 61.2 Å². The van der Waals surface area contributed by atoms with Crippen molar-refractivity contribution in [3.05, 3.63) is 59.2 Å². The molecule has 2 aromatic carbocycles. The van der Waals surface area contributed by atoms with Gasteiger partial charge in [0.15, 0.2) is 0 Å². The number of nitrogens with one attached hydrogen (secondary N) is 4. The van der Waals surface area contributed by atoms with E-state index in [2.05, 4.69) is 21.3 Å². The number of hydrogen-bond donors (Lipinski definition) is 4. The van der Waals surface area contributed by atoms with Crippen molar-refractivity contribution in [3.63, 3.8) is 0 Å². The van der Waals surface area contributed by atoms with Crippen molar-refractivity contribution in [2.24, 2.45) is 11.8 Å². The zero-order valence-electron chi connectivity index (χ0n) is 35.8. The maximum Gasteiger partial charge on any atom is 0.551 e. The molecule has 0 radical (unpaired) electrons. The van der Waals surface area contributed by atoms with Crippen LogP contribution >= 0.6 is 0 Å². The summed E-state index contributed by atoms with van der Waals surface area (Å²) in [6, 6.07) is 3.34.